The Bertz CT molecular complexity index is 448. The number of carbonyl (C=O) groups excluding carboxylic acids is 1. The van der Waals surface area contributed by atoms with Crippen LogP contribution in [0.5, 0.6) is 0 Å². The molecular formula is C19H34N2O3. The van der Waals surface area contributed by atoms with Gasteiger partial charge in [0.25, 0.3) is 0 Å². The molecule has 0 aromatic heterocycles. The van der Waals surface area contributed by atoms with Gasteiger partial charge in [-0.3, -0.25) is 0 Å². The highest BCUT2D eigenvalue weighted by Gasteiger charge is 2.50. The van der Waals surface area contributed by atoms with Gasteiger partial charge < -0.3 is 19.7 Å². The maximum absolute atomic E-state index is 12.1. The SMILES string of the molecule is C[C@H]1CC2(CC[C@H]1OC1CCNCC1)CN(C(=O)OC(C)(C)C)C2. The van der Waals surface area contributed by atoms with E-state index in [1.54, 1.807) is 0 Å². The van der Waals surface area contributed by atoms with Crippen LogP contribution in [0, 0.1) is 11.3 Å². The van der Waals surface area contributed by atoms with Crippen molar-refractivity contribution in [2.24, 2.45) is 11.3 Å². The third-order valence-electron chi connectivity index (χ3n) is 5.71. The number of carbonyl (C=O) groups is 1. The van der Waals surface area contributed by atoms with Gasteiger partial charge in [0, 0.05) is 18.5 Å². The van der Waals surface area contributed by atoms with E-state index in [0.29, 0.717) is 23.5 Å². The van der Waals surface area contributed by atoms with Gasteiger partial charge >= 0.3 is 6.09 Å². The van der Waals surface area contributed by atoms with Gasteiger partial charge in [-0.2, -0.15) is 0 Å². The van der Waals surface area contributed by atoms with Crippen LogP contribution in [0.2, 0.25) is 0 Å². The Morgan fingerprint density at radius 2 is 1.83 bits per heavy atom. The van der Waals surface area contributed by atoms with Crippen molar-refractivity contribution in [3.63, 3.8) is 0 Å². The molecule has 1 spiro atoms. The third kappa shape index (κ3) is 4.23. The number of ether oxygens (including phenoxy) is 2. The Morgan fingerprint density at radius 3 is 2.42 bits per heavy atom. The highest BCUT2D eigenvalue weighted by molar-refractivity contribution is 5.69. The predicted octanol–water partition coefficient (Wildman–Crippen LogP) is 3.18. The Labute approximate surface area is 146 Å². The maximum Gasteiger partial charge on any atom is 0.410 e. The van der Waals surface area contributed by atoms with Crippen LogP contribution in [0.3, 0.4) is 0 Å². The summed E-state index contributed by atoms with van der Waals surface area (Å²) in [7, 11) is 0. The molecular weight excluding hydrogens is 304 g/mol. The maximum atomic E-state index is 12.1. The summed E-state index contributed by atoms with van der Waals surface area (Å²) in [4.78, 5) is 14.0. The standard InChI is InChI=1S/C19H34N2O3/c1-14-11-19(12-21(13-19)17(22)24-18(2,3)4)8-5-16(14)23-15-6-9-20-10-7-15/h14-16,20H,5-13H2,1-4H3/t14-,16+/m0/s1. The topological polar surface area (TPSA) is 50.8 Å². The Balaban J connectivity index is 1.45. The number of hydrogen-bond donors (Lipinski definition) is 1. The van der Waals surface area contributed by atoms with Crippen LogP contribution in [0.1, 0.15) is 59.8 Å². The molecule has 3 rings (SSSR count). The van der Waals surface area contributed by atoms with Crippen LogP contribution in [0.4, 0.5) is 4.79 Å². The molecule has 2 aliphatic heterocycles. The molecule has 3 fully saturated rings. The summed E-state index contributed by atoms with van der Waals surface area (Å²) in [6.45, 7) is 12.0. The van der Waals surface area contributed by atoms with E-state index < -0.39 is 5.60 Å². The minimum atomic E-state index is -0.409. The first-order chi connectivity index (χ1) is 11.3. The number of hydrogen-bond acceptors (Lipinski definition) is 4. The van der Waals surface area contributed by atoms with Crippen molar-refractivity contribution in [3.8, 4) is 0 Å². The molecule has 2 saturated heterocycles. The first-order valence-electron chi connectivity index (χ1n) is 9.60. The lowest BCUT2D eigenvalue weighted by Crippen LogP contribution is -2.61. The average Bonchev–Trinajstić information content (AvgIpc) is 2.46. The summed E-state index contributed by atoms with van der Waals surface area (Å²) in [5.41, 5.74) is -0.0994. The fraction of sp³-hybridized carbons (Fsp3) is 0.947. The summed E-state index contributed by atoms with van der Waals surface area (Å²) < 4.78 is 11.9. The van der Waals surface area contributed by atoms with Gasteiger partial charge in [-0.25, -0.2) is 4.79 Å². The second-order valence-corrected chi connectivity index (χ2v) is 9.18. The zero-order valence-corrected chi connectivity index (χ0v) is 15.8. The average molecular weight is 338 g/mol. The number of piperidine rings is 1. The van der Waals surface area contributed by atoms with Gasteiger partial charge in [-0.05, 0) is 71.9 Å². The number of rotatable bonds is 2. The van der Waals surface area contributed by atoms with E-state index in [9.17, 15) is 4.79 Å². The first-order valence-corrected chi connectivity index (χ1v) is 9.60. The molecule has 24 heavy (non-hydrogen) atoms. The molecule has 0 aromatic carbocycles. The smallest absolute Gasteiger partial charge is 0.410 e. The molecule has 1 aliphatic carbocycles. The van der Waals surface area contributed by atoms with Gasteiger partial charge in [0.05, 0.1) is 12.2 Å². The highest BCUT2D eigenvalue weighted by atomic mass is 16.6. The summed E-state index contributed by atoms with van der Waals surface area (Å²) in [6, 6.07) is 0. The zero-order chi connectivity index (χ0) is 17.4. The summed E-state index contributed by atoms with van der Waals surface area (Å²) in [5, 5.41) is 3.40. The lowest BCUT2D eigenvalue weighted by atomic mass is 9.64. The van der Waals surface area contributed by atoms with E-state index in [1.165, 1.54) is 12.8 Å². The van der Waals surface area contributed by atoms with Crippen molar-refractivity contribution < 1.29 is 14.3 Å². The van der Waals surface area contributed by atoms with Gasteiger partial charge in [-0.15, -0.1) is 0 Å². The minimum Gasteiger partial charge on any atom is -0.444 e. The largest absolute Gasteiger partial charge is 0.444 e. The van der Waals surface area contributed by atoms with Crippen LogP contribution in [-0.2, 0) is 9.47 Å². The highest BCUT2D eigenvalue weighted by Crippen LogP contribution is 2.47. The van der Waals surface area contributed by atoms with Crippen molar-refractivity contribution in [1.82, 2.24) is 10.2 Å². The fourth-order valence-corrected chi connectivity index (χ4v) is 4.54. The molecule has 1 N–H and O–H groups in total. The van der Waals surface area contributed by atoms with Crippen molar-refractivity contribution in [2.75, 3.05) is 26.2 Å². The predicted molar refractivity (Wildman–Crippen MR) is 94.0 cm³/mol. The number of amides is 1. The normalized spacial score (nSPS) is 30.9. The summed E-state index contributed by atoms with van der Waals surface area (Å²) in [6.07, 6.45) is 6.43. The van der Waals surface area contributed by atoms with Crippen LogP contribution in [0.25, 0.3) is 0 Å². The van der Waals surface area contributed by atoms with E-state index in [1.807, 2.05) is 25.7 Å². The van der Waals surface area contributed by atoms with Gasteiger partial charge in [-0.1, -0.05) is 6.92 Å². The lowest BCUT2D eigenvalue weighted by molar-refractivity contribution is -0.118. The van der Waals surface area contributed by atoms with Crippen molar-refractivity contribution in [1.29, 1.82) is 0 Å². The van der Waals surface area contributed by atoms with Gasteiger partial charge in [0.2, 0.25) is 0 Å². The molecule has 3 aliphatic rings. The van der Waals surface area contributed by atoms with E-state index in [2.05, 4.69) is 12.2 Å². The number of likely N-dealkylation sites (tertiary alicyclic amines) is 1. The Hall–Kier alpha value is -0.810. The summed E-state index contributed by atoms with van der Waals surface area (Å²) in [5.74, 6) is 0.578. The van der Waals surface area contributed by atoms with Gasteiger partial charge in [0.1, 0.15) is 5.60 Å². The second-order valence-electron chi connectivity index (χ2n) is 9.18. The van der Waals surface area contributed by atoms with Crippen LogP contribution < -0.4 is 5.32 Å². The summed E-state index contributed by atoms with van der Waals surface area (Å²) >= 11 is 0. The number of nitrogens with zero attached hydrogens (tertiary/aromatic N) is 1. The molecule has 0 unspecified atom stereocenters. The molecule has 1 saturated carbocycles. The third-order valence-corrected chi connectivity index (χ3v) is 5.71. The molecule has 0 bridgehead atoms. The van der Waals surface area contributed by atoms with Crippen molar-refractivity contribution in [2.45, 2.75) is 77.6 Å². The molecule has 138 valence electrons. The van der Waals surface area contributed by atoms with Crippen LogP contribution in [0.15, 0.2) is 0 Å². The minimum absolute atomic E-state index is 0.158. The Kier molecular flexibility index (Phi) is 5.12. The second kappa shape index (κ2) is 6.83. The van der Waals surface area contributed by atoms with Crippen LogP contribution in [-0.4, -0.2) is 55.0 Å². The Morgan fingerprint density at radius 1 is 1.17 bits per heavy atom. The monoisotopic (exact) mass is 338 g/mol. The molecule has 5 nitrogen and oxygen atoms in total. The molecule has 0 radical (unpaired) electrons. The van der Waals surface area contributed by atoms with Gasteiger partial charge in [0.15, 0.2) is 0 Å². The van der Waals surface area contributed by atoms with E-state index in [0.717, 1.165) is 45.4 Å². The zero-order valence-electron chi connectivity index (χ0n) is 15.8. The fourth-order valence-electron chi connectivity index (χ4n) is 4.54. The molecule has 0 aromatic rings. The van der Waals surface area contributed by atoms with Crippen molar-refractivity contribution in [3.05, 3.63) is 0 Å². The molecule has 2 heterocycles. The first kappa shape index (κ1) is 18.0. The van der Waals surface area contributed by atoms with Crippen LogP contribution >= 0.6 is 0 Å². The molecule has 1 amide bonds. The number of nitrogens with one attached hydrogen (secondary N) is 1. The molecule has 5 heteroatoms. The van der Waals surface area contributed by atoms with E-state index in [4.69, 9.17) is 9.47 Å². The van der Waals surface area contributed by atoms with E-state index in [-0.39, 0.29) is 6.09 Å². The lowest BCUT2D eigenvalue weighted by Gasteiger charge is -2.55. The van der Waals surface area contributed by atoms with Crippen molar-refractivity contribution >= 4 is 6.09 Å². The van der Waals surface area contributed by atoms with E-state index >= 15 is 0 Å². The molecule has 2 atom stereocenters. The quantitative estimate of drug-likeness (QED) is 0.840.